The van der Waals surface area contributed by atoms with Crippen molar-refractivity contribution < 1.29 is 24.1 Å². The maximum absolute atomic E-state index is 12.6. The lowest BCUT2D eigenvalue weighted by molar-refractivity contribution is -0.139. The van der Waals surface area contributed by atoms with E-state index in [1.807, 2.05) is 6.07 Å². The maximum atomic E-state index is 12.6. The highest BCUT2D eigenvalue weighted by Gasteiger charge is 2.39. The van der Waals surface area contributed by atoms with Crippen molar-refractivity contribution in [1.29, 1.82) is 5.26 Å². The van der Waals surface area contributed by atoms with E-state index in [0.717, 1.165) is 0 Å². The van der Waals surface area contributed by atoms with Crippen LogP contribution < -0.4 is 10.5 Å². The molecule has 1 aromatic carbocycles. The SMILES string of the molecule is CCOC(=O)C1=C(C)OC(N)=C(C#N)C1c1c(C)c(OC)cc(C)c1O. The lowest BCUT2D eigenvalue weighted by Gasteiger charge is -2.29. The molecule has 138 valence electrons. The van der Waals surface area contributed by atoms with Gasteiger partial charge in [-0.1, -0.05) is 0 Å². The van der Waals surface area contributed by atoms with Gasteiger partial charge in [-0.3, -0.25) is 0 Å². The number of allylic oxidation sites excluding steroid dienone is 2. The molecule has 1 atom stereocenters. The topological polar surface area (TPSA) is 115 Å². The molecule has 0 aliphatic carbocycles. The van der Waals surface area contributed by atoms with E-state index in [0.29, 0.717) is 22.4 Å². The van der Waals surface area contributed by atoms with Crippen molar-refractivity contribution in [1.82, 2.24) is 0 Å². The number of nitrogens with two attached hydrogens (primary N) is 1. The Morgan fingerprint density at radius 1 is 1.42 bits per heavy atom. The van der Waals surface area contributed by atoms with Gasteiger partial charge < -0.3 is 25.1 Å². The molecule has 0 saturated heterocycles. The molecule has 1 unspecified atom stereocenters. The maximum Gasteiger partial charge on any atom is 0.338 e. The molecule has 0 saturated carbocycles. The van der Waals surface area contributed by atoms with Crippen LogP contribution >= 0.6 is 0 Å². The van der Waals surface area contributed by atoms with Gasteiger partial charge >= 0.3 is 5.97 Å². The van der Waals surface area contributed by atoms with E-state index in [9.17, 15) is 15.2 Å². The van der Waals surface area contributed by atoms with Crippen LogP contribution in [0.5, 0.6) is 11.5 Å². The Morgan fingerprint density at radius 2 is 2.08 bits per heavy atom. The number of carbonyl (C=O) groups is 1. The van der Waals surface area contributed by atoms with Crippen molar-refractivity contribution in [2.75, 3.05) is 13.7 Å². The van der Waals surface area contributed by atoms with Gasteiger partial charge in [-0.2, -0.15) is 5.26 Å². The Labute approximate surface area is 152 Å². The third kappa shape index (κ3) is 3.06. The number of phenolic OH excluding ortho intramolecular Hbond substituents is 1. The summed E-state index contributed by atoms with van der Waals surface area (Å²) in [5.74, 6) is -0.938. The van der Waals surface area contributed by atoms with Crippen LogP contribution in [-0.2, 0) is 14.3 Å². The number of benzene rings is 1. The highest BCUT2D eigenvalue weighted by Crippen LogP contribution is 2.47. The molecule has 7 heteroatoms. The van der Waals surface area contributed by atoms with E-state index in [1.165, 1.54) is 7.11 Å². The summed E-state index contributed by atoms with van der Waals surface area (Å²) in [4.78, 5) is 12.6. The molecule has 7 nitrogen and oxygen atoms in total. The predicted octanol–water partition coefficient (Wildman–Crippen LogP) is 2.66. The second-order valence-electron chi connectivity index (χ2n) is 5.90. The Bertz CT molecular complexity index is 862. The van der Waals surface area contributed by atoms with Crippen LogP contribution in [-0.4, -0.2) is 24.8 Å². The van der Waals surface area contributed by atoms with Crippen molar-refractivity contribution in [2.45, 2.75) is 33.6 Å². The molecule has 1 aliphatic rings. The predicted molar refractivity (Wildman–Crippen MR) is 94.1 cm³/mol. The van der Waals surface area contributed by atoms with Gasteiger partial charge in [0.15, 0.2) is 0 Å². The summed E-state index contributed by atoms with van der Waals surface area (Å²) >= 11 is 0. The number of aromatic hydroxyl groups is 1. The number of hydrogen-bond acceptors (Lipinski definition) is 7. The van der Waals surface area contributed by atoms with E-state index < -0.39 is 11.9 Å². The van der Waals surface area contributed by atoms with Gasteiger partial charge in [0.05, 0.1) is 25.2 Å². The number of hydrogen-bond donors (Lipinski definition) is 2. The zero-order valence-electron chi connectivity index (χ0n) is 15.5. The minimum absolute atomic E-state index is 0.0321. The number of rotatable bonds is 4. The minimum Gasteiger partial charge on any atom is -0.507 e. The van der Waals surface area contributed by atoms with Gasteiger partial charge in [0.1, 0.15) is 28.9 Å². The molecule has 0 aromatic heterocycles. The number of phenols is 1. The zero-order chi connectivity index (χ0) is 19.6. The number of carbonyl (C=O) groups excluding carboxylic acids is 1. The summed E-state index contributed by atoms with van der Waals surface area (Å²) in [5, 5.41) is 20.4. The number of esters is 1. The standard InChI is InChI=1S/C19H22N2O5/c1-6-25-19(23)15-11(4)26-18(21)12(8-20)16(15)14-10(3)13(24-5)7-9(2)17(14)22/h7,16,22H,6,21H2,1-5H3. The molecule has 2 rings (SSSR count). The van der Waals surface area contributed by atoms with Gasteiger partial charge in [-0.25, -0.2) is 4.79 Å². The quantitative estimate of drug-likeness (QED) is 0.795. The Balaban J connectivity index is 2.85. The summed E-state index contributed by atoms with van der Waals surface area (Å²) < 4.78 is 15.9. The first-order valence-corrected chi connectivity index (χ1v) is 8.10. The summed E-state index contributed by atoms with van der Waals surface area (Å²) in [6, 6.07) is 3.68. The highest BCUT2D eigenvalue weighted by molar-refractivity contribution is 5.93. The molecule has 26 heavy (non-hydrogen) atoms. The van der Waals surface area contributed by atoms with Crippen molar-refractivity contribution in [3.8, 4) is 17.6 Å². The molecule has 0 bridgehead atoms. The molecule has 1 aromatic rings. The summed E-state index contributed by atoms with van der Waals surface area (Å²) in [6.45, 7) is 6.86. The lowest BCUT2D eigenvalue weighted by atomic mass is 9.79. The van der Waals surface area contributed by atoms with Crippen molar-refractivity contribution in [3.63, 3.8) is 0 Å². The molecular weight excluding hydrogens is 336 g/mol. The summed E-state index contributed by atoms with van der Waals surface area (Å²) in [5.41, 5.74) is 7.56. The molecule has 1 aliphatic heterocycles. The minimum atomic E-state index is -0.915. The van der Waals surface area contributed by atoms with Crippen LogP contribution in [0.1, 0.15) is 36.5 Å². The number of ether oxygens (including phenoxy) is 3. The molecule has 0 radical (unpaired) electrons. The van der Waals surface area contributed by atoms with E-state index in [2.05, 4.69) is 0 Å². The van der Waals surface area contributed by atoms with E-state index >= 15 is 0 Å². The van der Waals surface area contributed by atoms with Crippen molar-refractivity contribution in [3.05, 3.63) is 45.5 Å². The van der Waals surface area contributed by atoms with Crippen molar-refractivity contribution >= 4 is 5.97 Å². The third-order valence-electron chi connectivity index (χ3n) is 4.36. The van der Waals surface area contributed by atoms with Crippen LogP contribution in [0, 0.1) is 25.2 Å². The van der Waals surface area contributed by atoms with Gasteiger partial charge in [0.25, 0.3) is 0 Å². The van der Waals surface area contributed by atoms with Crippen LogP contribution in [0.2, 0.25) is 0 Å². The first kappa shape index (κ1) is 19.2. The van der Waals surface area contributed by atoms with Crippen LogP contribution in [0.3, 0.4) is 0 Å². The summed E-state index contributed by atoms with van der Waals surface area (Å²) in [6.07, 6.45) is 0. The third-order valence-corrected chi connectivity index (χ3v) is 4.36. The van der Waals surface area contributed by atoms with Gasteiger partial charge in [-0.15, -0.1) is 0 Å². The monoisotopic (exact) mass is 358 g/mol. The second kappa shape index (κ2) is 7.40. The fourth-order valence-corrected chi connectivity index (χ4v) is 3.10. The zero-order valence-corrected chi connectivity index (χ0v) is 15.5. The van der Waals surface area contributed by atoms with E-state index in [4.69, 9.17) is 19.9 Å². The smallest absolute Gasteiger partial charge is 0.338 e. The molecular formula is C19H22N2O5. The average molecular weight is 358 g/mol. The second-order valence-corrected chi connectivity index (χ2v) is 5.90. The molecule has 0 amide bonds. The Kier molecular flexibility index (Phi) is 5.46. The summed E-state index contributed by atoms with van der Waals surface area (Å²) in [7, 11) is 1.51. The number of nitriles is 1. The van der Waals surface area contributed by atoms with E-state index in [1.54, 1.807) is 33.8 Å². The number of methoxy groups -OCH3 is 1. The van der Waals surface area contributed by atoms with Gasteiger partial charge in [0.2, 0.25) is 5.88 Å². The van der Waals surface area contributed by atoms with Crippen LogP contribution in [0.15, 0.2) is 28.9 Å². The molecule has 0 spiro atoms. The highest BCUT2D eigenvalue weighted by atomic mass is 16.5. The van der Waals surface area contributed by atoms with E-state index in [-0.39, 0.29) is 35.1 Å². The lowest BCUT2D eigenvalue weighted by Crippen LogP contribution is -2.26. The average Bonchev–Trinajstić information content (AvgIpc) is 2.58. The Morgan fingerprint density at radius 3 is 2.62 bits per heavy atom. The van der Waals surface area contributed by atoms with Crippen molar-refractivity contribution in [2.24, 2.45) is 5.73 Å². The normalized spacial score (nSPS) is 16.8. The van der Waals surface area contributed by atoms with Crippen LogP contribution in [0.25, 0.3) is 0 Å². The molecule has 1 heterocycles. The molecule has 3 N–H and O–H groups in total. The molecule has 0 fully saturated rings. The number of aryl methyl sites for hydroxylation is 1. The van der Waals surface area contributed by atoms with Crippen LogP contribution in [0.4, 0.5) is 0 Å². The fraction of sp³-hybridized carbons (Fsp3) is 0.368. The largest absolute Gasteiger partial charge is 0.507 e. The first-order chi connectivity index (χ1) is 12.3. The van der Waals surface area contributed by atoms with Gasteiger partial charge in [-0.05, 0) is 44.9 Å². The van der Waals surface area contributed by atoms with Gasteiger partial charge in [0, 0.05) is 5.56 Å². The first-order valence-electron chi connectivity index (χ1n) is 8.10. The Hall–Kier alpha value is -3.14. The fourth-order valence-electron chi connectivity index (χ4n) is 3.10. The number of nitrogens with zero attached hydrogens (tertiary/aromatic N) is 1.